The Kier molecular flexibility index (Phi) is 2.94. The molecular formula is C8H13NO3. The summed E-state index contributed by atoms with van der Waals surface area (Å²) in [4.78, 5) is 9.73. The molecule has 4 heteroatoms. The fourth-order valence-corrected chi connectivity index (χ4v) is 0.922. The minimum absolute atomic E-state index is 0.0684. The smallest absolute Gasteiger partial charge is 0.178 e. The predicted octanol–water partition coefficient (Wildman–Crippen LogP) is 1.67. The monoisotopic (exact) mass is 171 g/mol. The first kappa shape index (κ1) is 9.35. The topological polar surface area (TPSA) is 47.9 Å². The molecule has 0 N–H and O–H groups in total. The summed E-state index contributed by atoms with van der Waals surface area (Å²) in [6, 6.07) is 0. The number of rotatable bonds is 2. The SMILES string of the molecule is CC1(C)COC(/C=C/N=O)OC1. The fourth-order valence-electron chi connectivity index (χ4n) is 0.922. The van der Waals surface area contributed by atoms with Crippen LogP contribution in [-0.2, 0) is 9.47 Å². The van der Waals surface area contributed by atoms with Crippen LogP contribution in [0.15, 0.2) is 17.5 Å². The van der Waals surface area contributed by atoms with Gasteiger partial charge in [0.2, 0.25) is 0 Å². The maximum Gasteiger partial charge on any atom is 0.178 e. The average Bonchev–Trinajstić information content (AvgIpc) is 2.03. The number of hydrogen-bond acceptors (Lipinski definition) is 4. The lowest BCUT2D eigenvalue weighted by atomic mass is 9.96. The van der Waals surface area contributed by atoms with Gasteiger partial charge in [0.1, 0.15) is 0 Å². The molecule has 0 radical (unpaired) electrons. The highest BCUT2D eigenvalue weighted by Gasteiger charge is 2.26. The average molecular weight is 171 g/mol. The second kappa shape index (κ2) is 3.78. The van der Waals surface area contributed by atoms with E-state index in [1.807, 2.05) is 0 Å². The molecule has 4 nitrogen and oxygen atoms in total. The molecule has 1 saturated heterocycles. The lowest BCUT2D eigenvalue weighted by Crippen LogP contribution is -2.36. The summed E-state index contributed by atoms with van der Waals surface area (Å²) in [6.07, 6.45) is 2.24. The Hall–Kier alpha value is -0.740. The second-order valence-corrected chi connectivity index (χ2v) is 3.60. The van der Waals surface area contributed by atoms with E-state index < -0.39 is 6.29 Å². The molecule has 1 rings (SSSR count). The molecule has 1 fully saturated rings. The first-order valence-electron chi connectivity index (χ1n) is 3.86. The van der Waals surface area contributed by atoms with Crippen molar-refractivity contribution in [1.29, 1.82) is 0 Å². The van der Waals surface area contributed by atoms with E-state index in [1.54, 1.807) is 0 Å². The second-order valence-electron chi connectivity index (χ2n) is 3.60. The largest absolute Gasteiger partial charge is 0.348 e. The van der Waals surface area contributed by atoms with E-state index in [1.165, 1.54) is 6.08 Å². The standard InChI is InChI=1S/C8H13NO3/c1-8(2)5-11-7(12-6-8)3-4-9-10/h3-4,7H,5-6H2,1-2H3/b4-3+. The van der Waals surface area contributed by atoms with Crippen molar-refractivity contribution >= 4 is 0 Å². The molecule has 68 valence electrons. The molecule has 0 spiro atoms. The van der Waals surface area contributed by atoms with Crippen LogP contribution in [0.2, 0.25) is 0 Å². The number of hydrogen-bond donors (Lipinski definition) is 0. The first-order valence-corrected chi connectivity index (χ1v) is 3.86. The Morgan fingerprint density at radius 2 is 2.00 bits per heavy atom. The van der Waals surface area contributed by atoms with Crippen molar-refractivity contribution in [3.8, 4) is 0 Å². The zero-order valence-corrected chi connectivity index (χ0v) is 7.32. The van der Waals surface area contributed by atoms with E-state index in [9.17, 15) is 4.91 Å². The highest BCUT2D eigenvalue weighted by molar-refractivity contribution is 4.85. The molecule has 1 aliphatic heterocycles. The zero-order valence-electron chi connectivity index (χ0n) is 7.32. The van der Waals surface area contributed by atoms with Gasteiger partial charge in [-0.2, -0.15) is 0 Å². The Balaban J connectivity index is 2.36. The summed E-state index contributed by atoms with van der Waals surface area (Å²) >= 11 is 0. The quantitative estimate of drug-likeness (QED) is 0.594. The van der Waals surface area contributed by atoms with E-state index in [0.29, 0.717) is 13.2 Å². The van der Waals surface area contributed by atoms with Gasteiger partial charge in [0, 0.05) is 5.41 Å². The molecule has 0 saturated carbocycles. The molecule has 12 heavy (non-hydrogen) atoms. The summed E-state index contributed by atoms with van der Waals surface area (Å²) in [5.41, 5.74) is 0.0684. The third-order valence-electron chi connectivity index (χ3n) is 1.58. The molecule has 0 bridgehead atoms. The molecule has 0 aromatic rings. The van der Waals surface area contributed by atoms with Gasteiger partial charge in [-0.1, -0.05) is 13.8 Å². The van der Waals surface area contributed by atoms with Gasteiger partial charge in [0.15, 0.2) is 6.29 Å². The highest BCUT2D eigenvalue weighted by Crippen LogP contribution is 2.23. The molecular weight excluding hydrogens is 158 g/mol. The van der Waals surface area contributed by atoms with E-state index in [-0.39, 0.29) is 5.41 Å². The van der Waals surface area contributed by atoms with Crippen molar-refractivity contribution < 1.29 is 9.47 Å². The summed E-state index contributed by atoms with van der Waals surface area (Å²) in [6.45, 7) is 5.40. The highest BCUT2D eigenvalue weighted by atomic mass is 16.7. The molecule has 0 amide bonds. The minimum Gasteiger partial charge on any atom is -0.348 e. The predicted molar refractivity (Wildman–Crippen MR) is 44.4 cm³/mol. The van der Waals surface area contributed by atoms with E-state index in [2.05, 4.69) is 19.0 Å². The first-order chi connectivity index (χ1) is 5.64. The van der Waals surface area contributed by atoms with Crippen LogP contribution in [0.1, 0.15) is 13.8 Å². The lowest BCUT2D eigenvalue weighted by molar-refractivity contribution is -0.197. The van der Waals surface area contributed by atoms with Crippen molar-refractivity contribution in [2.45, 2.75) is 20.1 Å². The van der Waals surface area contributed by atoms with Crippen LogP contribution in [0.25, 0.3) is 0 Å². The van der Waals surface area contributed by atoms with Gasteiger partial charge < -0.3 is 9.47 Å². The van der Waals surface area contributed by atoms with E-state index in [4.69, 9.17) is 9.47 Å². The number of nitroso groups, excluding NO2 is 1. The molecule has 1 aliphatic rings. The van der Waals surface area contributed by atoms with Crippen LogP contribution < -0.4 is 0 Å². The Morgan fingerprint density at radius 1 is 1.42 bits per heavy atom. The van der Waals surface area contributed by atoms with Gasteiger partial charge in [-0.05, 0) is 11.3 Å². The summed E-state index contributed by atoms with van der Waals surface area (Å²) < 4.78 is 10.6. The molecule has 0 aromatic heterocycles. The normalized spacial score (nSPS) is 24.5. The number of nitrogens with zero attached hydrogens (tertiary/aromatic N) is 1. The van der Waals surface area contributed by atoms with Crippen molar-refractivity contribution in [3.05, 3.63) is 17.2 Å². The van der Waals surface area contributed by atoms with Gasteiger partial charge in [0.05, 0.1) is 19.4 Å². The molecule has 0 aliphatic carbocycles. The summed E-state index contributed by atoms with van der Waals surface area (Å²) in [7, 11) is 0. The van der Waals surface area contributed by atoms with Crippen LogP contribution in [0.5, 0.6) is 0 Å². The molecule has 0 aromatic carbocycles. The van der Waals surface area contributed by atoms with Crippen LogP contribution >= 0.6 is 0 Å². The van der Waals surface area contributed by atoms with Gasteiger partial charge in [-0.15, -0.1) is 4.91 Å². The van der Waals surface area contributed by atoms with Crippen LogP contribution in [0, 0.1) is 10.3 Å². The van der Waals surface area contributed by atoms with E-state index >= 15 is 0 Å². The lowest BCUT2D eigenvalue weighted by Gasteiger charge is -2.33. The Morgan fingerprint density at radius 3 is 2.50 bits per heavy atom. The maximum atomic E-state index is 9.73. The van der Waals surface area contributed by atoms with Gasteiger partial charge in [-0.3, -0.25) is 0 Å². The summed E-state index contributed by atoms with van der Waals surface area (Å²) in [5.74, 6) is 0. The third kappa shape index (κ3) is 2.71. The molecule has 0 atom stereocenters. The van der Waals surface area contributed by atoms with Crippen molar-refractivity contribution in [2.24, 2.45) is 10.6 Å². The van der Waals surface area contributed by atoms with Crippen molar-refractivity contribution in [2.75, 3.05) is 13.2 Å². The number of ether oxygens (including phenoxy) is 2. The van der Waals surface area contributed by atoms with Gasteiger partial charge in [-0.25, -0.2) is 0 Å². The van der Waals surface area contributed by atoms with Crippen LogP contribution in [-0.4, -0.2) is 19.5 Å². The van der Waals surface area contributed by atoms with Crippen molar-refractivity contribution in [3.63, 3.8) is 0 Å². The van der Waals surface area contributed by atoms with Crippen molar-refractivity contribution in [1.82, 2.24) is 0 Å². The Bertz CT molecular complexity index is 179. The van der Waals surface area contributed by atoms with Crippen LogP contribution in [0.4, 0.5) is 0 Å². The maximum absolute atomic E-state index is 9.73. The van der Waals surface area contributed by atoms with E-state index in [0.717, 1.165) is 6.20 Å². The third-order valence-corrected chi connectivity index (χ3v) is 1.58. The fraction of sp³-hybridized carbons (Fsp3) is 0.750. The Labute approximate surface area is 71.5 Å². The molecule has 1 heterocycles. The zero-order chi connectivity index (χ0) is 9.03. The van der Waals surface area contributed by atoms with Crippen LogP contribution in [0.3, 0.4) is 0 Å². The molecule has 0 unspecified atom stereocenters. The van der Waals surface area contributed by atoms with Gasteiger partial charge >= 0.3 is 0 Å². The van der Waals surface area contributed by atoms with Gasteiger partial charge in [0.25, 0.3) is 0 Å². The minimum atomic E-state index is -0.407. The summed E-state index contributed by atoms with van der Waals surface area (Å²) in [5, 5.41) is 2.58.